The van der Waals surface area contributed by atoms with Crippen LogP contribution in [0.5, 0.6) is 0 Å². The van der Waals surface area contributed by atoms with Gasteiger partial charge in [0.1, 0.15) is 0 Å². The van der Waals surface area contributed by atoms with Crippen molar-refractivity contribution in [1.29, 1.82) is 0 Å². The number of thiophene rings is 1. The lowest BCUT2D eigenvalue weighted by molar-refractivity contribution is 0.0992. The number of aryl methyl sites for hydroxylation is 1. The van der Waals surface area contributed by atoms with Gasteiger partial charge < -0.3 is 0 Å². The zero-order valence-corrected chi connectivity index (χ0v) is 13.2. The van der Waals surface area contributed by atoms with E-state index in [9.17, 15) is 4.79 Å². The van der Waals surface area contributed by atoms with Crippen LogP contribution < -0.4 is 4.90 Å². The lowest BCUT2D eigenvalue weighted by Crippen LogP contribution is -2.27. The fourth-order valence-electron chi connectivity index (χ4n) is 2.01. The van der Waals surface area contributed by atoms with Gasteiger partial charge >= 0.3 is 0 Å². The molecule has 3 aromatic heterocycles. The average Bonchev–Trinajstić information content (AvgIpc) is 3.18. The minimum atomic E-state index is -0.0909. The highest BCUT2D eigenvalue weighted by atomic mass is 32.1. The van der Waals surface area contributed by atoms with Crippen LogP contribution in [0.15, 0.2) is 40.5 Å². The third-order valence-electron chi connectivity index (χ3n) is 3.14. The first kappa shape index (κ1) is 13.9. The van der Waals surface area contributed by atoms with Crippen molar-refractivity contribution >= 4 is 33.7 Å². The van der Waals surface area contributed by atoms with E-state index in [4.69, 9.17) is 0 Å². The minimum Gasteiger partial charge on any atom is -0.287 e. The number of carbonyl (C=O) groups excluding carboxylic acids is 1. The number of hydrogen-bond donors (Lipinski definition) is 0. The second-order valence-corrected chi connectivity index (χ2v) is 6.17. The van der Waals surface area contributed by atoms with Crippen LogP contribution in [-0.4, -0.2) is 22.9 Å². The summed E-state index contributed by atoms with van der Waals surface area (Å²) in [7, 11) is 1.73. The van der Waals surface area contributed by atoms with Gasteiger partial charge in [-0.15, -0.1) is 11.3 Å². The number of anilines is 1. The summed E-state index contributed by atoms with van der Waals surface area (Å²) in [5.74, 6) is -0.0909. The maximum atomic E-state index is 12.5. The van der Waals surface area contributed by atoms with Crippen molar-refractivity contribution in [2.75, 3.05) is 11.9 Å². The van der Waals surface area contributed by atoms with Crippen molar-refractivity contribution in [1.82, 2.24) is 9.97 Å². The summed E-state index contributed by atoms with van der Waals surface area (Å²) < 4.78 is 0. The van der Waals surface area contributed by atoms with Gasteiger partial charge in [-0.2, -0.15) is 11.3 Å². The quantitative estimate of drug-likeness (QED) is 0.737. The van der Waals surface area contributed by atoms with E-state index >= 15 is 0 Å². The molecule has 0 aliphatic rings. The number of amides is 1. The van der Waals surface area contributed by atoms with Gasteiger partial charge in [-0.25, -0.2) is 4.98 Å². The van der Waals surface area contributed by atoms with E-state index in [1.54, 1.807) is 29.5 Å². The van der Waals surface area contributed by atoms with Crippen molar-refractivity contribution < 1.29 is 4.79 Å². The van der Waals surface area contributed by atoms with Gasteiger partial charge in [-0.05, 0) is 30.5 Å². The molecule has 0 saturated carbocycles. The smallest absolute Gasteiger partial charge is 0.261 e. The molecular formula is C15H13N3OS2. The fraction of sp³-hybridized carbons (Fsp3) is 0.133. The van der Waals surface area contributed by atoms with Crippen molar-refractivity contribution in [2.45, 2.75) is 6.92 Å². The lowest BCUT2D eigenvalue weighted by atomic mass is 10.1. The number of nitrogens with zero attached hydrogens (tertiary/aromatic N) is 3. The largest absolute Gasteiger partial charge is 0.287 e. The molecule has 21 heavy (non-hydrogen) atoms. The van der Waals surface area contributed by atoms with Crippen LogP contribution in [0.25, 0.3) is 11.3 Å². The maximum absolute atomic E-state index is 12.5. The summed E-state index contributed by atoms with van der Waals surface area (Å²) in [5.41, 5.74) is 3.30. The van der Waals surface area contributed by atoms with Crippen molar-refractivity contribution in [3.05, 3.63) is 51.8 Å². The molecule has 4 nitrogen and oxygen atoms in total. The Morgan fingerprint density at radius 1 is 1.24 bits per heavy atom. The second kappa shape index (κ2) is 5.75. The summed E-state index contributed by atoms with van der Waals surface area (Å²) in [6.07, 6.45) is 1.69. The van der Waals surface area contributed by atoms with Crippen LogP contribution in [0.2, 0.25) is 0 Å². The molecule has 0 N–H and O–H groups in total. The van der Waals surface area contributed by atoms with Crippen LogP contribution in [0, 0.1) is 6.92 Å². The Balaban J connectivity index is 1.91. The normalized spacial score (nSPS) is 10.6. The molecule has 0 atom stereocenters. The van der Waals surface area contributed by atoms with Crippen LogP contribution in [0.4, 0.5) is 5.13 Å². The topological polar surface area (TPSA) is 46.1 Å². The first-order valence-electron chi connectivity index (χ1n) is 6.34. The van der Waals surface area contributed by atoms with E-state index in [0.717, 1.165) is 17.0 Å². The summed E-state index contributed by atoms with van der Waals surface area (Å²) in [6.45, 7) is 1.86. The minimum absolute atomic E-state index is 0.0909. The number of carbonyl (C=O) groups is 1. The number of thiazole rings is 1. The monoisotopic (exact) mass is 315 g/mol. The highest BCUT2D eigenvalue weighted by Crippen LogP contribution is 2.23. The molecule has 0 unspecified atom stereocenters. The molecule has 106 valence electrons. The van der Waals surface area contributed by atoms with Crippen LogP contribution in [-0.2, 0) is 0 Å². The highest BCUT2D eigenvalue weighted by molar-refractivity contribution is 7.13. The SMILES string of the molecule is Cc1nc(-c2ccsc2)ccc1C(=O)N(C)c1nccs1. The van der Waals surface area contributed by atoms with Gasteiger partial charge in [-0.1, -0.05) is 0 Å². The van der Waals surface area contributed by atoms with Gasteiger partial charge in [0.05, 0.1) is 17.0 Å². The van der Waals surface area contributed by atoms with E-state index in [-0.39, 0.29) is 5.91 Å². The Morgan fingerprint density at radius 3 is 2.71 bits per heavy atom. The zero-order chi connectivity index (χ0) is 14.8. The molecule has 0 fully saturated rings. The van der Waals surface area contributed by atoms with E-state index in [1.807, 2.05) is 41.3 Å². The zero-order valence-electron chi connectivity index (χ0n) is 11.6. The molecule has 3 heterocycles. The number of hydrogen-bond acceptors (Lipinski definition) is 5. The Hall–Kier alpha value is -2.05. The van der Waals surface area contributed by atoms with Crippen LogP contribution in [0.1, 0.15) is 16.1 Å². The Labute approximate surface area is 130 Å². The van der Waals surface area contributed by atoms with Gasteiger partial charge in [-0.3, -0.25) is 14.7 Å². The molecule has 0 aliphatic heterocycles. The van der Waals surface area contributed by atoms with Gasteiger partial charge in [0.15, 0.2) is 5.13 Å². The average molecular weight is 315 g/mol. The first-order chi connectivity index (χ1) is 10.2. The predicted molar refractivity (Wildman–Crippen MR) is 87.1 cm³/mol. The summed E-state index contributed by atoms with van der Waals surface area (Å²) in [6, 6.07) is 5.75. The fourth-order valence-corrected chi connectivity index (χ4v) is 3.26. The van der Waals surface area contributed by atoms with Crippen molar-refractivity contribution in [2.24, 2.45) is 0 Å². The van der Waals surface area contributed by atoms with Crippen molar-refractivity contribution in [3.8, 4) is 11.3 Å². The maximum Gasteiger partial charge on any atom is 0.261 e. The molecular weight excluding hydrogens is 302 g/mol. The van der Waals surface area contributed by atoms with E-state index in [2.05, 4.69) is 9.97 Å². The third kappa shape index (κ3) is 2.72. The molecule has 0 spiro atoms. The highest BCUT2D eigenvalue weighted by Gasteiger charge is 2.18. The van der Waals surface area contributed by atoms with Gasteiger partial charge in [0.25, 0.3) is 5.91 Å². The molecule has 0 bridgehead atoms. The van der Waals surface area contributed by atoms with Gasteiger partial charge in [0, 0.05) is 29.6 Å². The number of pyridine rings is 1. The number of aromatic nitrogens is 2. The van der Waals surface area contributed by atoms with E-state index in [1.165, 1.54) is 11.3 Å². The molecule has 0 aromatic carbocycles. The Morgan fingerprint density at radius 2 is 2.10 bits per heavy atom. The second-order valence-electron chi connectivity index (χ2n) is 4.52. The molecule has 1 amide bonds. The van der Waals surface area contributed by atoms with Crippen LogP contribution in [0.3, 0.4) is 0 Å². The van der Waals surface area contributed by atoms with E-state index in [0.29, 0.717) is 10.7 Å². The lowest BCUT2D eigenvalue weighted by Gasteiger charge is -2.15. The number of rotatable bonds is 3. The van der Waals surface area contributed by atoms with E-state index < -0.39 is 0 Å². The molecule has 0 radical (unpaired) electrons. The molecule has 0 aliphatic carbocycles. The first-order valence-corrected chi connectivity index (χ1v) is 8.17. The van der Waals surface area contributed by atoms with Crippen LogP contribution >= 0.6 is 22.7 Å². The third-order valence-corrected chi connectivity index (χ3v) is 4.68. The standard InChI is InChI=1S/C15H13N3OS2/c1-10-12(14(19)18(2)15-16-6-8-21-15)3-4-13(17-10)11-5-7-20-9-11/h3-9H,1-2H3. The van der Waals surface area contributed by atoms with Gasteiger partial charge in [0.2, 0.25) is 0 Å². The molecule has 6 heteroatoms. The van der Waals surface area contributed by atoms with Crippen molar-refractivity contribution in [3.63, 3.8) is 0 Å². The summed E-state index contributed by atoms with van der Waals surface area (Å²) in [4.78, 5) is 22.8. The molecule has 3 rings (SSSR count). The summed E-state index contributed by atoms with van der Waals surface area (Å²) >= 11 is 3.07. The molecule has 0 saturated heterocycles. The molecule has 3 aromatic rings. The Kier molecular flexibility index (Phi) is 3.81. The Bertz CT molecular complexity index is 751. The summed E-state index contributed by atoms with van der Waals surface area (Å²) in [5, 5.41) is 6.59. The predicted octanol–water partition coefficient (Wildman–Crippen LogP) is 3.85.